The van der Waals surface area contributed by atoms with Crippen molar-refractivity contribution in [1.29, 1.82) is 0 Å². The van der Waals surface area contributed by atoms with E-state index in [1.165, 1.54) is 34.1 Å². The molecule has 0 unspecified atom stereocenters. The highest BCUT2D eigenvalue weighted by atomic mass is 14.7. The van der Waals surface area contributed by atoms with Crippen LogP contribution in [-0.2, 0) is 12.8 Å². The molecule has 0 saturated carbocycles. The van der Waals surface area contributed by atoms with Crippen LogP contribution in [0.2, 0.25) is 0 Å². The zero-order chi connectivity index (χ0) is 10.8. The second kappa shape index (κ2) is 4.09. The third kappa shape index (κ3) is 1.67. The third-order valence-corrected chi connectivity index (χ3v) is 3.09. The fraction of sp³-hybridized carbons (Fsp3) is 0.429. The molecule has 0 atom stereocenters. The van der Waals surface area contributed by atoms with Gasteiger partial charge in [0.05, 0.1) is 0 Å². The second-order valence-corrected chi connectivity index (χ2v) is 4.18. The van der Waals surface area contributed by atoms with Gasteiger partial charge in [0.25, 0.3) is 0 Å². The Bertz CT molecular complexity index is 465. The lowest BCUT2D eigenvalue weighted by atomic mass is 10.0. The Kier molecular flexibility index (Phi) is 2.81. The Balaban J connectivity index is 2.67. The lowest BCUT2D eigenvalue weighted by Crippen LogP contribution is -1.88. The first-order valence-corrected chi connectivity index (χ1v) is 5.87. The number of benzene rings is 1. The molecule has 0 radical (unpaired) electrons. The Labute approximate surface area is 91.5 Å². The van der Waals surface area contributed by atoms with Crippen LogP contribution >= 0.6 is 0 Å². The minimum atomic E-state index is 1.12. The van der Waals surface area contributed by atoms with Crippen LogP contribution in [-0.4, -0.2) is 4.98 Å². The number of nitrogens with one attached hydrogen (secondary N) is 1. The van der Waals surface area contributed by atoms with Gasteiger partial charge in [-0.15, -0.1) is 0 Å². The molecule has 0 fully saturated rings. The average Bonchev–Trinajstić information content (AvgIpc) is 2.58. The van der Waals surface area contributed by atoms with Crippen LogP contribution in [0.5, 0.6) is 0 Å². The van der Waals surface area contributed by atoms with Crippen molar-refractivity contribution in [3.05, 3.63) is 35.0 Å². The Hall–Kier alpha value is -1.24. The second-order valence-electron chi connectivity index (χ2n) is 4.18. The molecule has 1 aromatic carbocycles. The molecule has 2 aromatic rings. The zero-order valence-electron chi connectivity index (χ0n) is 9.85. The predicted octanol–water partition coefficient (Wildman–Crippen LogP) is 3.99. The van der Waals surface area contributed by atoms with Crippen LogP contribution in [0.1, 0.15) is 37.1 Å². The largest absolute Gasteiger partial charge is 0.358 e. The maximum absolute atomic E-state index is 3.58. The van der Waals surface area contributed by atoms with Crippen molar-refractivity contribution >= 4 is 10.9 Å². The maximum Gasteiger partial charge on any atom is 0.0488 e. The summed E-state index contributed by atoms with van der Waals surface area (Å²) in [5.74, 6) is 0. The number of aromatic nitrogens is 1. The first-order valence-electron chi connectivity index (χ1n) is 5.87. The number of H-pyrrole nitrogens is 1. The van der Waals surface area contributed by atoms with Gasteiger partial charge in [0.1, 0.15) is 0 Å². The predicted molar refractivity (Wildman–Crippen MR) is 66.4 cm³/mol. The summed E-state index contributed by atoms with van der Waals surface area (Å²) in [7, 11) is 0. The van der Waals surface area contributed by atoms with E-state index in [1.807, 2.05) is 0 Å². The van der Waals surface area contributed by atoms with E-state index in [4.69, 9.17) is 0 Å². The van der Waals surface area contributed by atoms with E-state index in [9.17, 15) is 0 Å². The highest BCUT2D eigenvalue weighted by Gasteiger charge is 2.09. The number of fused-ring (bicyclic) bond motifs is 1. The number of aromatic amines is 1. The first-order chi connectivity index (χ1) is 7.27. The molecular formula is C14H19N. The highest BCUT2D eigenvalue weighted by molar-refractivity contribution is 5.87. The quantitative estimate of drug-likeness (QED) is 0.772. The summed E-state index contributed by atoms with van der Waals surface area (Å²) in [6.45, 7) is 6.65. The molecule has 80 valence electrons. The van der Waals surface area contributed by atoms with Crippen molar-refractivity contribution in [3.63, 3.8) is 0 Å². The molecule has 0 aliphatic carbocycles. The normalized spacial score (nSPS) is 11.1. The summed E-state index contributed by atoms with van der Waals surface area (Å²) >= 11 is 0. The summed E-state index contributed by atoms with van der Waals surface area (Å²) < 4.78 is 0. The average molecular weight is 201 g/mol. The van der Waals surface area contributed by atoms with Crippen LogP contribution in [0.25, 0.3) is 10.9 Å². The van der Waals surface area contributed by atoms with E-state index in [2.05, 4.69) is 44.0 Å². The lowest BCUT2D eigenvalue weighted by Gasteiger charge is -1.99. The molecule has 0 saturated heterocycles. The molecule has 0 aliphatic rings. The molecule has 15 heavy (non-hydrogen) atoms. The van der Waals surface area contributed by atoms with Gasteiger partial charge in [-0.2, -0.15) is 0 Å². The highest BCUT2D eigenvalue weighted by Crippen LogP contribution is 2.26. The smallest absolute Gasteiger partial charge is 0.0488 e. The molecule has 1 heterocycles. The number of aryl methyl sites for hydroxylation is 3. The van der Waals surface area contributed by atoms with Crippen molar-refractivity contribution in [2.75, 3.05) is 0 Å². The molecule has 0 spiro atoms. The number of hydrogen-bond donors (Lipinski definition) is 1. The van der Waals surface area contributed by atoms with Gasteiger partial charge in [0.2, 0.25) is 0 Å². The van der Waals surface area contributed by atoms with Gasteiger partial charge >= 0.3 is 0 Å². The molecule has 0 amide bonds. The molecule has 1 heteroatoms. The van der Waals surface area contributed by atoms with E-state index < -0.39 is 0 Å². The van der Waals surface area contributed by atoms with Gasteiger partial charge in [0.15, 0.2) is 0 Å². The van der Waals surface area contributed by atoms with Crippen LogP contribution in [0.3, 0.4) is 0 Å². The Morgan fingerprint density at radius 2 is 2.00 bits per heavy atom. The zero-order valence-corrected chi connectivity index (χ0v) is 9.85. The summed E-state index contributed by atoms with van der Waals surface area (Å²) in [5.41, 5.74) is 5.63. The molecular weight excluding hydrogens is 182 g/mol. The summed E-state index contributed by atoms with van der Waals surface area (Å²) in [4.78, 5) is 3.58. The number of para-hydroxylation sites is 1. The minimum Gasteiger partial charge on any atom is -0.358 e. The molecule has 0 aliphatic heterocycles. The summed E-state index contributed by atoms with van der Waals surface area (Å²) in [6, 6.07) is 6.56. The van der Waals surface area contributed by atoms with Gasteiger partial charge in [-0.1, -0.05) is 38.5 Å². The lowest BCUT2D eigenvalue weighted by molar-refractivity contribution is 0.877. The fourth-order valence-electron chi connectivity index (χ4n) is 2.34. The Morgan fingerprint density at radius 3 is 2.67 bits per heavy atom. The van der Waals surface area contributed by atoms with Crippen molar-refractivity contribution < 1.29 is 0 Å². The van der Waals surface area contributed by atoms with Crippen molar-refractivity contribution in [2.45, 2.75) is 40.0 Å². The van der Waals surface area contributed by atoms with Gasteiger partial charge in [-0.05, 0) is 30.9 Å². The molecule has 1 aromatic heterocycles. The van der Waals surface area contributed by atoms with E-state index in [0.717, 1.165) is 12.8 Å². The van der Waals surface area contributed by atoms with Crippen LogP contribution in [0, 0.1) is 6.92 Å². The van der Waals surface area contributed by atoms with Crippen molar-refractivity contribution in [3.8, 4) is 0 Å². The molecule has 0 bridgehead atoms. The van der Waals surface area contributed by atoms with Gasteiger partial charge in [-0.3, -0.25) is 0 Å². The molecule has 1 N–H and O–H groups in total. The van der Waals surface area contributed by atoms with Gasteiger partial charge in [0, 0.05) is 16.6 Å². The van der Waals surface area contributed by atoms with Gasteiger partial charge < -0.3 is 4.98 Å². The minimum absolute atomic E-state index is 1.12. The monoisotopic (exact) mass is 201 g/mol. The standard InChI is InChI=1S/C14H19N/c1-4-7-13-11(5-2)12-9-6-8-10(3)14(12)15-13/h6,8-9,15H,4-5,7H2,1-3H3. The maximum atomic E-state index is 3.58. The van der Waals surface area contributed by atoms with Crippen molar-refractivity contribution in [1.82, 2.24) is 4.98 Å². The van der Waals surface area contributed by atoms with Crippen LogP contribution in [0.4, 0.5) is 0 Å². The van der Waals surface area contributed by atoms with Crippen LogP contribution < -0.4 is 0 Å². The van der Waals surface area contributed by atoms with Crippen LogP contribution in [0.15, 0.2) is 18.2 Å². The van der Waals surface area contributed by atoms with Gasteiger partial charge in [-0.25, -0.2) is 0 Å². The number of hydrogen-bond acceptors (Lipinski definition) is 0. The van der Waals surface area contributed by atoms with Crippen molar-refractivity contribution in [2.24, 2.45) is 0 Å². The SMILES string of the molecule is CCCc1[nH]c2c(C)cccc2c1CC. The van der Waals surface area contributed by atoms with E-state index in [1.54, 1.807) is 0 Å². The third-order valence-electron chi connectivity index (χ3n) is 3.09. The van der Waals surface area contributed by atoms with E-state index in [-0.39, 0.29) is 0 Å². The molecule has 2 rings (SSSR count). The fourth-order valence-corrected chi connectivity index (χ4v) is 2.34. The summed E-state index contributed by atoms with van der Waals surface area (Å²) in [6.07, 6.45) is 3.49. The van der Waals surface area contributed by atoms with E-state index >= 15 is 0 Å². The van der Waals surface area contributed by atoms with E-state index in [0.29, 0.717) is 0 Å². The molecule has 1 nitrogen and oxygen atoms in total. The topological polar surface area (TPSA) is 15.8 Å². The number of rotatable bonds is 3. The Morgan fingerprint density at radius 1 is 1.20 bits per heavy atom. The summed E-state index contributed by atoms with van der Waals surface area (Å²) in [5, 5.41) is 1.42. The first kappa shape index (κ1) is 10.3.